The van der Waals surface area contributed by atoms with Gasteiger partial charge in [-0.05, 0) is 92.2 Å². The number of methoxy groups -OCH3 is 2. The van der Waals surface area contributed by atoms with E-state index in [9.17, 15) is 13.2 Å². The zero-order valence-electron chi connectivity index (χ0n) is 38.7. The van der Waals surface area contributed by atoms with Crippen molar-refractivity contribution in [3.63, 3.8) is 0 Å². The molecule has 5 N–H and O–H groups in total. The number of ether oxygens (including phenoxy) is 4. The van der Waals surface area contributed by atoms with E-state index in [1.165, 1.54) is 6.07 Å². The quantitative estimate of drug-likeness (QED) is 0.0811. The fourth-order valence-corrected chi connectivity index (χ4v) is 7.92. The fourth-order valence-electron chi connectivity index (χ4n) is 6.45. The number of halogens is 3. The Bertz CT molecular complexity index is 3090. The number of sulfone groups is 1. The van der Waals surface area contributed by atoms with E-state index in [4.69, 9.17) is 59.5 Å². The number of H-pyrrole nitrogens is 1. The van der Waals surface area contributed by atoms with Crippen LogP contribution in [0.4, 0.5) is 11.6 Å². The zero-order valence-corrected chi connectivity index (χ0v) is 41.7. The number of aromatic nitrogens is 3. The second-order valence-corrected chi connectivity index (χ2v) is 18.0. The van der Waals surface area contributed by atoms with Crippen molar-refractivity contribution in [1.82, 2.24) is 15.0 Å². The number of fused-ring (bicyclic) bond motifs is 3. The molecule has 3 aromatic heterocycles. The smallest absolute Gasteiger partial charge is 0.195 e. The lowest BCUT2D eigenvalue weighted by Crippen LogP contribution is -2.07. The van der Waals surface area contributed by atoms with Crippen molar-refractivity contribution in [2.45, 2.75) is 45.9 Å². The minimum absolute atomic E-state index is 0.0257. The van der Waals surface area contributed by atoms with E-state index in [1.807, 2.05) is 93.6 Å². The van der Waals surface area contributed by atoms with E-state index < -0.39 is 9.84 Å². The van der Waals surface area contributed by atoms with Crippen molar-refractivity contribution in [3.05, 3.63) is 158 Å². The number of nitrogens with zero attached hydrogens (tertiary/aromatic N) is 2. The third-order valence-electron chi connectivity index (χ3n) is 9.83. The molecule has 0 aliphatic rings. The van der Waals surface area contributed by atoms with Crippen LogP contribution in [0.25, 0.3) is 32.7 Å². The molecular weight excluding hydrogens is 947 g/mol. The van der Waals surface area contributed by atoms with Gasteiger partial charge >= 0.3 is 0 Å². The Morgan fingerprint density at radius 3 is 1.57 bits per heavy atom. The summed E-state index contributed by atoms with van der Waals surface area (Å²) in [7, 11) is -0.229. The van der Waals surface area contributed by atoms with Gasteiger partial charge in [0.25, 0.3) is 0 Å². The molecule has 358 valence electrons. The SMILES string of the molecule is CCN.CCNc1cc(=O)c2cccc(Cl)c2[nH]1.CCNc1cc(OCc2ccc(OC)cc2)c2cccc(Cl)c2n1.CCS(=O)(=O)c1cc(OCc2ccc(OC)cc2)c2cccc(Cl)c2n1. The monoisotopic (exact) mass is 1000 g/mol. The van der Waals surface area contributed by atoms with Crippen molar-refractivity contribution in [2.24, 2.45) is 5.73 Å². The van der Waals surface area contributed by atoms with Gasteiger partial charge in [-0.1, -0.05) is 91.1 Å². The van der Waals surface area contributed by atoms with Crippen LogP contribution in [0.1, 0.15) is 38.8 Å². The van der Waals surface area contributed by atoms with Gasteiger partial charge in [0.05, 0.1) is 51.6 Å². The molecule has 0 bridgehead atoms. The number of hydrogen-bond donors (Lipinski definition) is 4. The Balaban J connectivity index is 0.000000191. The Kier molecular flexibility index (Phi) is 19.9. The van der Waals surface area contributed by atoms with E-state index in [2.05, 4.69) is 25.6 Å². The summed E-state index contributed by atoms with van der Waals surface area (Å²) in [6.45, 7) is 10.5. The van der Waals surface area contributed by atoms with E-state index in [0.717, 1.165) is 64.7 Å². The largest absolute Gasteiger partial charge is 0.497 e. The van der Waals surface area contributed by atoms with Crippen molar-refractivity contribution >= 4 is 89.0 Å². The van der Waals surface area contributed by atoms with Crippen molar-refractivity contribution < 1.29 is 27.4 Å². The molecule has 0 aliphatic carbocycles. The van der Waals surface area contributed by atoms with Crippen LogP contribution in [0.3, 0.4) is 0 Å². The predicted octanol–water partition coefficient (Wildman–Crippen LogP) is 11.8. The lowest BCUT2D eigenvalue weighted by Gasteiger charge is -2.13. The maximum absolute atomic E-state index is 12.3. The highest BCUT2D eigenvalue weighted by atomic mass is 35.5. The first kappa shape index (κ1) is 52.7. The third kappa shape index (κ3) is 14.1. The van der Waals surface area contributed by atoms with Crippen LogP contribution in [0, 0.1) is 0 Å². The van der Waals surface area contributed by atoms with E-state index in [-0.39, 0.29) is 22.8 Å². The fraction of sp³-hybridized carbons (Fsp3) is 0.235. The van der Waals surface area contributed by atoms with Crippen LogP contribution in [-0.4, -0.2) is 63.0 Å². The second-order valence-electron chi connectivity index (χ2n) is 14.6. The molecule has 0 unspecified atom stereocenters. The molecule has 0 aliphatic heterocycles. The molecule has 3 heterocycles. The highest BCUT2D eigenvalue weighted by Crippen LogP contribution is 2.34. The number of nitrogens with two attached hydrogens (primary N) is 1. The van der Waals surface area contributed by atoms with Crippen molar-refractivity contribution in [1.29, 1.82) is 0 Å². The van der Waals surface area contributed by atoms with E-state index in [1.54, 1.807) is 63.6 Å². The van der Waals surface area contributed by atoms with E-state index in [0.29, 0.717) is 55.0 Å². The number of nitrogens with one attached hydrogen (secondary N) is 3. The number of anilines is 2. The zero-order chi connectivity index (χ0) is 49.2. The highest BCUT2D eigenvalue weighted by Gasteiger charge is 2.19. The van der Waals surface area contributed by atoms with Crippen molar-refractivity contribution in [3.8, 4) is 23.0 Å². The van der Waals surface area contributed by atoms with Gasteiger partial charge < -0.3 is 40.3 Å². The summed E-state index contributed by atoms with van der Waals surface area (Å²) >= 11 is 18.5. The minimum atomic E-state index is -3.49. The van der Waals surface area contributed by atoms with Crippen LogP contribution in [0.5, 0.6) is 23.0 Å². The van der Waals surface area contributed by atoms with Crippen molar-refractivity contribution in [2.75, 3.05) is 50.2 Å². The van der Waals surface area contributed by atoms with Gasteiger partial charge in [-0.15, -0.1) is 0 Å². The first-order valence-corrected chi connectivity index (χ1v) is 24.5. The molecule has 0 spiro atoms. The Hall–Kier alpha value is -6.29. The Labute approximate surface area is 411 Å². The number of benzene rings is 5. The summed E-state index contributed by atoms with van der Waals surface area (Å²) < 4.78 is 46.8. The summed E-state index contributed by atoms with van der Waals surface area (Å²) in [5.74, 6) is 4.18. The molecule has 0 saturated heterocycles. The lowest BCUT2D eigenvalue weighted by molar-refractivity contribution is 0.308. The summed E-state index contributed by atoms with van der Waals surface area (Å²) in [4.78, 5) is 23.6. The Morgan fingerprint density at radius 2 is 1.09 bits per heavy atom. The summed E-state index contributed by atoms with van der Waals surface area (Å²) in [5, 5.41) is 9.97. The highest BCUT2D eigenvalue weighted by molar-refractivity contribution is 7.91. The molecule has 0 fully saturated rings. The molecule has 8 aromatic rings. The summed E-state index contributed by atoms with van der Waals surface area (Å²) in [5.41, 5.74) is 8.64. The van der Waals surface area contributed by atoms with E-state index >= 15 is 0 Å². The number of para-hydroxylation sites is 3. The molecule has 17 heteroatoms. The number of aromatic amines is 1. The third-order valence-corrected chi connectivity index (χ3v) is 12.4. The average Bonchev–Trinajstić information content (AvgIpc) is 3.34. The van der Waals surface area contributed by atoms with Gasteiger partial charge in [-0.25, -0.2) is 18.4 Å². The summed E-state index contributed by atoms with van der Waals surface area (Å²) in [6, 6.07) is 36.4. The lowest BCUT2D eigenvalue weighted by atomic mass is 10.2. The van der Waals surface area contributed by atoms with Crippen LogP contribution in [0.2, 0.25) is 15.1 Å². The van der Waals surface area contributed by atoms with Crippen LogP contribution in [-0.2, 0) is 23.1 Å². The van der Waals surface area contributed by atoms with Gasteiger partial charge in [-0.2, -0.15) is 0 Å². The molecule has 0 radical (unpaired) electrons. The van der Waals surface area contributed by atoms with Gasteiger partial charge in [0, 0.05) is 47.4 Å². The first-order valence-electron chi connectivity index (χ1n) is 21.7. The van der Waals surface area contributed by atoms with Gasteiger partial charge in [-0.3, -0.25) is 4.79 Å². The molecule has 5 aromatic carbocycles. The maximum atomic E-state index is 12.3. The predicted molar refractivity (Wildman–Crippen MR) is 279 cm³/mol. The van der Waals surface area contributed by atoms with Gasteiger partial charge in [0.2, 0.25) is 0 Å². The number of hydrogen-bond acceptors (Lipinski definition) is 12. The molecule has 13 nitrogen and oxygen atoms in total. The standard InChI is InChI=1S/C19H19ClN2O2.C19H18ClNO4S.C11H11ClN2O.C2H7N/c1-3-21-18-11-17(15-5-4-6-16(20)19(15)22-18)24-12-13-7-9-14(23-2)10-8-13;1-3-26(22,23)18-11-17(15-5-4-6-16(20)19(15)21-18)25-12-13-7-9-14(24-2)10-8-13;1-2-13-10-6-9(15)7-4-3-5-8(12)11(7)14-10;1-2-3/h4-11H,3,12H2,1-2H3,(H,21,22);4-11H,3,12H2,1-2H3;3-6H,2H2,1H3,(H2,13,14,15);2-3H2,1H3. The molecule has 0 atom stereocenters. The summed E-state index contributed by atoms with van der Waals surface area (Å²) in [6.07, 6.45) is 0. The molecular formula is C51H55Cl3N6O7S. The molecule has 8 rings (SSSR count). The maximum Gasteiger partial charge on any atom is 0.195 e. The number of pyridine rings is 3. The average molecular weight is 1000 g/mol. The first-order chi connectivity index (χ1) is 32.8. The topological polar surface area (TPSA) is 180 Å². The van der Waals surface area contributed by atoms with Crippen LogP contribution < -0.4 is 40.7 Å². The van der Waals surface area contributed by atoms with Crippen LogP contribution in [0.15, 0.2) is 131 Å². The molecule has 0 saturated carbocycles. The number of rotatable bonds is 14. The minimum Gasteiger partial charge on any atom is -0.497 e. The molecule has 0 amide bonds. The van der Waals surface area contributed by atoms with Gasteiger partial charge in [0.1, 0.15) is 47.8 Å². The molecule has 68 heavy (non-hydrogen) atoms. The Morgan fingerprint density at radius 1 is 0.618 bits per heavy atom. The normalized spacial score (nSPS) is 10.7. The van der Waals surface area contributed by atoms with Crippen LogP contribution >= 0.6 is 34.8 Å². The van der Waals surface area contributed by atoms with Gasteiger partial charge in [0.15, 0.2) is 20.3 Å². The second kappa shape index (κ2) is 25.7.